The molecular formula is C9H19NO. The van der Waals surface area contributed by atoms with Gasteiger partial charge in [-0.1, -0.05) is 13.8 Å². The van der Waals surface area contributed by atoms with Crippen molar-refractivity contribution in [2.45, 2.75) is 40.2 Å². The van der Waals surface area contributed by atoms with E-state index in [4.69, 9.17) is 0 Å². The van der Waals surface area contributed by atoms with Gasteiger partial charge in [0.15, 0.2) is 0 Å². The van der Waals surface area contributed by atoms with E-state index < -0.39 is 0 Å². The van der Waals surface area contributed by atoms with Gasteiger partial charge in [0.1, 0.15) is 0 Å². The average molecular weight is 157 g/mol. The third kappa shape index (κ3) is 2.91. The predicted octanol–water partition coefficient (Wildman–Crippen LogP) is 1.90. The largest absolute Gasteiger partial charge is 0.343 e. The normalized spacial score (nSPS) is 13.3. The van der Waals surface area contributed by atoms with Crippen molar-refractivity contribution in [2.24, 2.45) is 5.92 Å². The zero-order chi connectivity index (χ0) is 9.02. The van der Waals surface area contributed by atoms with Crippen LogP contribution < -0.4 is 0 Å². The molecule has 0 unspecified atom stereocenters. The monoisotopic (exact) mass is 157 g/mol. The summed E-state index contributed by atoms with van der Waals surface area (Å²) in [5, 5.41) is 0. The first kappa shape index (κ1) is 10.5. The highest BCUT2D eigenvalue weighted by Gasteiger charge is 2.16. The van der Waals surface area contributed by atoms with E-state index in [1.807, 2.05) is 34.7 Å². The van der Waals surface area contributed by atoms with Crippen molar-refractivity contribution in [3.8, 4) is 0 Å². The van der Waals surface area contributed by atoms with E-state index in [2.05, 4.69) is 0 Å². The summed E-state index contributed by atoms with van der Waals surface area (Å²) in [6, 6.07) is 0.316. The third-order valence-electron chi connectivity index (χ3n) is 2.16. The number of hydrogen-bond donors (Lipinski definition) is 0. The lowest BCUT2D eigenvalue weighted by atomic mass is 10.1. The second kappa shape index (κ2) is 4.37. The minimum Gasteiger partial charge on any atom is -0.343 e. The van der Waals surface area contributed by atoms with Crippen LogP contribution in [0, 0.1) is 5.92 Å². The van der Waals surface area contributed by atoms with Crippen LogP contribution in [0.1, 0.15) is 34.1 Å². The van der Waals surface area contributed by atoms with Gasteiger partial charge in [0.25, 0.3) is 0 Å². The summed E-state index contributed by atoms with van der Waals surface area (Å²) in [5.74, 6) is 0.421. The lowest BCUT2D eigenvalue weighted by Gasteiger charge is -2.24. The zero-order valence-electron chi connectivity index (χ0n) is 8.22. The molecule has 2 nitrogen and oxygen atoms in total. The van der Waals surface area contributed by atoms with Crippen molar-refractivity contribution in [1.29, 1.82) is 0 Å². The summed E-state index contributed by atoms with van der Waals surface area (Å²) >= 11 is 0. The fourth-order valence-corrected chi connectivity index (χ4v) is 0.777. The fraction of sp³-hybridized carbons (Fsp3) is 0.889. The second-order valence-corrected chi connectivity index (χ2v) is 3.35. The molecule has 0 spiro atoms. The van der Waals surface area contributed by atoms with E-state index in [1.54, 1.807) is 4.90 Å². The highest BCUT2D eigenvalue weighted by Crippen LogP contribution is 2.07. The number of nitrogens with zero attached hydrogens (tertiary/aromatic N) is 1. The predicted molar refractivity (Wildman–Crippen MR) is 47.4 cm³/mol. The van der Waals surface area contributed by atoms with E-state index in [0.29, 0.717) is 6.04 Å². The highest BCUT2D eigenvalue weighted by atomic mass is 16.2. The maximum Gasteiger partial charge on any atom is 0.225 e. The molecular weight excluding hydrogens is 138 g/mol. The van der Waals surface area contributed by atoms with Gasteiger partial charge in [-0.25, -0.2) is 0 Å². The zero-order valence-corrected chi connectivity index (χ0v) is 8.22. The fourth-order valence-electron chi connectivity index (χ4n) is 0.777. The molecule has 0 rings (SSSR count). The summed E-state index contributed by atoms with van der Waals surface area (Å²) < 4.78 is 0. The van der Waals surface area contributed by atoms with Crippen LogP contribution in [0.25, 0.3) is 0 Å². The van der Waals surface area contributed by atoms with Gasteiger partial charge in [0, 0.05) is 19.0 Å². The van der Waals surface area contributed by atoms with E-state index in [0.717, 1.165) is 6.42 Å². The maximum atomic E-state index is 11.4. The van der Waals surface area contributed by atoms with Crippen LogP contribution in [0.4, 0.5) is 0 Å². The topological polar surface area (TPSA) is 20.3 Å². The summed E-state index contributed by atoms with van der Waals surface area (Å²) in [7, 11) is 1.86. The summed E-state index contributed by atoms with van der Waals surface area (Å²) in [6.45, 7) is 8.07. The van der Waals surface area contributed by atoms with Gasteiger partial charge in [-0.15, -0.1) is 0 Å². The molecule has 0 aliphatic rings. The van der Waals surface area contributed by atoms with Crippen molar-refractivity contribution < 1.29 is 4.79 Å². The first-order chi connectivity index (χ1) is 5.00. The van der Waals surface area contributed by atoms with Crippen LogP contribution >= 0.6 is 0 Å². The number of rotatable bonds is 3. The number of amides is 1. The van der Waals surface area contributed by atoms with Crippen LogP contribution in [0.3, 0.4) is 0 Å². The first-order valence-electron chi connectivity index (χ1n) is 4.27. The molecule has 0 saturated heterocycles. The third-order valence-corrected chi connectivity index (χ3v) is 2.16. The molecule has 0 fully saturated rings. The molecule has 1 amide bonds. The molecule has 0 aromatic rings. The van der Waals surface area contributed by atoms with Crippen LogP contribution in [0.2, 0.25) is 0 Å². The Labute approximate surface area is 69.6 Å². The maximum absolute atomic E-state index is 11.4. The van der Waals surface area contributed by atoms with Crippen LogP contribution in [0.15, 0.2) is 0 Å². The molecule has 0 bridgehead atoms. The van der Waals surface area contributed by atoms with Crippen molar-refractivity contribution in [3.05, 3.63) is 0 Å². The second-order valence-electron chi connectivity index (χ2n) is 3.35. The van der Waals surface area contributed by atoms with Gasteiger partial charge in [-0.05, 0) is 20.3 Å². The highest BCUT2D eigenvalue weighted by molar-refractivity contribution is 5.78. The van der Waals surface area contributed by atoms with Gasteiger partial charge in [-0.3, -0.25) is 4.79 Å². The number of carbonyl (C=O) groups excluding carboxylic acids is 1. The smallest absolute Gasteiger partial charge is 0.225 e. The minimum absolute atomic E-state index is 0.169. The SMILES string of the molecule is CC[C@@H](C)C(=O)N(C)C(C)C. The van der Waals surface area contributed by atoms with Gasteiger partial charge in [0.05, 0.1) is 0 Å². The Balaban J connectivity index is 4.02. The minimum atomic E-state index is 0.169. The van der Waals surface area contributed by atoms with E-state index in [9.17, 15) is 4.79 Å². The van der Waals surface area contributed by atoms with Gasteiger partial charge >= 0.3 is 0 Å². The Kier molecular flexibility index (Phi) is 4.16. The lowest BCUT2D eigenvalue weighted by molar-refractivity contribution is -0.135. The summed E-state index contributed by atoms with van der Waals surface area (Å²) in [5.41, 5.74) is 0. The molecule has 0 aromatic carbocycles. The van der Waals surface area contributed by atoms with E-state index in [1.165, 1.54) is 0 Å². The van der Waals surface area contributed by atoms with Gasteiger partial charge in [-0.2, -0.15) is 0 Å². The Morgan fingerprint density at radius 3 is 2.09 bits per heavy atom. The van der Waals surface area contributed by atoms with E-state index >= 15 is 0 Å². The molecule has 0 heterocycles. The number of hydrogen-bond acceptors (Lipinski definition) is 1. The number of carbonyl (C=O) groups is 1. The molecule has 0 aliphatic heterocycles. The molecule has 1 atom stereocenters. The van der Waals surface area contributed by atoms with Crippen molar-refractivity contribution in [2.75, 3.05) is 7.05 Å². The molecule has 0 N–H and O–H groups in total. The van der Waals surface area contributed by atoms with Crippen molar-refractivity contribution >= 4 is 5.91 Å². The van der Waals surface area contributed by atoms with Crippen molar-refractivity contribution in [3.63, 3.8) is 0 Å². The molecule has 0 saturated carbocycles. The Hall–Kier alpha value is -0.530. The molecule has 11 heavy (non-hydrogen) atoms. The van der Waals surface area contributed by atoms with Gasteiger partial charge in [0.2, 0.25) is 5.91 Å². The molecule has 2 heteroatoms. The van der Waals surface area contributed by atoms with Crippen LogP contribution in [-0.4, -0.2) is 23.9 Å². The van der Waals surface area contributed by atoms with E-state index in [-0.39, 0.29) is 11.8 Å². The Bertz CT molecular complexity index is 132. The Morgan fingerprint density at radius 1 is 1.36 bits per heavy atom. The quantitative estimate of drug-likeness (QED) is 0.612. The summed E-state index contributed by atoms with van der Waals surface area (Å²) in [6.07, 6.45) is 0.926. The average Bonchev–Trinajstić information content (AvgIpc) is 2.00. The molecule has 0 aromatic heterocycles. The molecule has 66 valence electrons. The summed E-state index contributed by atoms with van der Waals surface area (Å²) in [4.78, 5) is 13.2. The van der Waals surface area contributed by atoms with Crippen LogP contribution in [0.5, 0.6) is 0 Å². The van der Waals surface area contributed by atoms with Gasteiger partial charge < -0.3 is 4.90 Å². The molecule has 0 aliphatic carbocycles. The first-order valence-corrected chi connectivity index (χ1v) is 4.27. The molecule has 0 radical (unpaired) electrons. The lowest BCUT2D eigenvalue weighted by Crippen LogP contribution is -2.36. The standard InChI is InChI=1S/C9H19NO/c1-6-8(4)9(11)10(5)7(2)3/h7-8H,6H2,1-5H3/t8-/m1/s1. The van der Waals surface area contributed by atoms with Crippen molar-refractivity contribution in [1.82, 2.24) is 4.90 Å². The van der Waals surface area contributed by atoms with Crippen LogP contribution in [-0.2, 0) is 4.79 Å². The Morgan fingerprint density at radius 2 is 1.82 bits per heavy atom.